The van der Waals surface area contributed by atoms with E-state index in [2.05, 4.69) is 15.5 Å². The number of ether oxygens (including phenoxy) is 1. The second kappa shape index (κ2) is 8.50. The van der Waals surface area contributed by atoms with E-state index >= 15 is 0 Å². The molecular weight excluding hydrogens is 442 g/mol. The van der Waals surface area contributed by atoms with Crippen LogP contribution in [0.5, 0.6) is 0 Å². The van der Waals surface area contributed by atoms with Gasteiger partial charge in [0.1, 0.15) is 11.3 Å². The third-order valence-corrected chi connectivity index (χ3v) is 7.26. The molecule has 1 amide bonds. The number of amides is 1. The Kier molecular flexibility index (Phi) is 5.76. The minimum atomic E-state index is -2.69. The number of nitrogens with zero attached hydrogens (tertiary/aromatic N) is 3. The Morgan fingerprint density at radius 3 is 2.56 bits per heavy atom. The van der Waals surface area contributed by atoms with Gasteiger partial charge in [0.25, 0.3) is 11.8 Å². The van der Waals surface area contributed by atoms with Crippen LogP contribution >= 0.6 is 0 Å². The molecule has 2 saturated carbocycles. The summed E-state index contributed by atoms with van der Waals surface area (Å²) in [6.07, 6.45) is 8.97. The van der Waals surface area contributed by atoms with Crippen LogP contribution in [0.4, 0.5) is 8.78 Å². The number of likely N-dealkylation sites (tertiary alicyclic amines) is 1. The monoisotopic (exact) mass is 474 g/mol. The van der Waals surface area contributed by atoms with Crippen LogP contribution in [0.2, 0.25) is 0 Å². The van der Waals surface area contributed by atoms with E-state index in [0.29, 0.717) is 48.4 Å². The molecule has 3 fully saturated rings. The SMILES string of the molecule is CC1=C(C(=O)NC(C)(c2noc(C)n2)C2CC2)C=CC(N2CC(F)(F)C2)=C(OCC2CC2)CC1. The number of hydrogen-bond acceptors (Lipinski definition) is 6. The molecule has 3 aliphatic carbocycles. The van der Waals surface area contributed by atoms with Crippen molar-refractivity contribution in [2.24, 2.45) is 11.8 Å². The maximum atomic E-state index is 13.7. The van der Waals surface area contributed by atoms with Crippen molar-refractivity contribution in [2.45, 2.75) is 70.8 Å². The average Bonchev–Trinajstić information content (AvgIpc) is 3.67. The molecule has 0 bridgehead atoms. The van der Waals surface area contributed by atoms with Crippen LogP contribution in [-0.4, -0.2) is 46.6 Å². The normalized spacial score (nSPS) is 24.3. The van der Waals surface area contributed by atoms with Crippen molar-refractivity contribution >= 4 is 5.91 Å². The van der Waals surface area contributed by atoms with Crippen molar-refractivity contribution in [3.63, 3.8) is 0 Å². The largest absolute Gasteiger partial charge is 0.495 e. The maximum Gasteiger partial charge on any atom is 0.282 e. The lowest BCUT2D eigenvalue weighted by molar-refractivity contribution is -0.119. The molecule has 1 aromatic rings. The summed E-state index contributed by atoms with van der Waals surface area (Å²) in [6.45, 7) is 5.57. The van der Waals surface area contributed by atoms with Gasteiger partial charge < -0.3 is 19.5 Å². The van der Waals surface area contributed by atoms with Gasteiger partial charge in [0, 0.05) is 18.9 Å². The fourth-order valence-corrected chi connectivity index (χ4v) is 4.66. The standard InChI is InChI=1S/C25H32F2N4O3/c1-15-4-11-21(33-12-17-5-6-17)20(31-13-25(26,27)14-31)10-9-19(15)22(32)29-24(3,18-7-8-18)23-28-16(2)34-30-23/h9-10,17-18H,4-8,11-14H2,1-3H3,(H,29,32). The van der Waals surface area contributed by atoms with Crippen LogP contribution in [0.3, 0.4) is 0 Å². The lowest BCUT2D eigenvalue weighted by atomic mass is 9.92. The smallest absolute Gasteiger partial charge is 0.282 e. The molecule has 9 heteroatoms. The molecule has 1 aromatic heterocycles. The van der Waals surface area contributed by atoms with E-state index in [1.54, 1.807) is 24.0 Å². The Labute approximate surface area is 198 Å². The molecule has 184 valence electrons. The second-order valence-corrected chi connectivity index (χ2v) is 10.4. The van der Waals surface area contributed by atoms with Crippen LogP contribution in [0, 0.1) is 18.8 Å². The number of rotatable bonds is 8. The summed E-state index contributed by atoms with van der Waals surface area (Å²) in [5.74, 6) is -0.430. The number of alkyl halides is 2. The predicted molar refractivity (Wildman–Crippen MR) is 121 cm³/mol. The third kappa shape index (κ3) is 4.74. The Hall–Kier alpha value is -2.71. The quantitative estimate of drug-likeness (QED) is 0.603. The molecule has 7 nitrogen and oxygen atoms in total. The average molecular weight is 475 g/mol. The van der Waals surface area contributed by atoms with Crippen molar-refractivity contribution in [1.82, 2.24) is 20.4 Å². The number of nitrogens with one attached hydrogen (secondary N) is 1. The molecule has 0 aromatic carbocycles. The van der Waals surface area contributed by atoms with Crippen molar-refractivity contribution in [3.8, 4) is 0 Å². The molecule has 5 rings (SSSR count). The summed E-state index contributed by atoms with van der Waals surface area (Å²) < 4.78 is 38.6. The molecule has 1 atom stereocenters. The number of carbonyl (C=O) groups excluding carboxylic acids is 1. The first-order valence-corrected chi connectivity index (χ1v) is 12.1. The summed E-state index contributed by atoms with van der Waals surface area (Å²) in [6, 6.07) is 0. The van der Waals surface area contributed by atoms with Crippen molar-refractivity contribution in [2.75, 3.05) is 19.7 Å². The van der Waals surface area contributed by atoms with Gasteiger partial charge in [-0.1, -0.05) is 10.7 Å². The minimum Gasteiger partial charge on any atom is -0.495 e. The molecule has 1 unspecified atom stereocenters. The number of aromatic nitrogens is 2. The molecule has 0 radical (unpaired) electrons. The topological polar surface area (TPSA) is 80.5 Å². The summed E-state index contributed by atoms with van der Waals surface area (Å²) in [4.78, 5) is 19.5. The van der Waals surface area contributed by atoms with Gasteiger partial charge in [0.05, 0.1) is 25.4 Å². The van der Waals surface area contributed by atoms with Crippen LogP contribution in [-0.2, 0) is 15.1 Å². The zero-order valence-corrected chi connectivity index (χ0v) is 20.0. The number of carbonyl (C=O) groups is 1. The predicted octanol–water partition coefficient (Wildman–Crippen LogP) is 4.38. The van der Waals surface area contributed by atoms with Gasteiger partial charge in [-0.15, -0.1) is 0 Å². The zero-order valence-electron chi connectivity index (χ0n) is 20.0. The Morgan fingerprint density at radius 1 is 1.24 bits per heavy atom. The lowest BCUT2D eigenvalue weighted by Gasteiger charge is -2.42. The highest BCUT2D eigenvalue weighted by Gasteiger charge is 2.48. The Balaban J connectivity index is 1.38. The fraction of sp³-hybridized carbons (Fsp3) is 0.640. The first-order chi connectivity index (χ1) is 16.1. The number of aryl methyl sites for hydroxylation is 1. The van der Waals surface area contributed by atoms with E-state index in [4.69, 9.17) is 9.26 Å². The number of allylic oxidation sites excluding steroid dienone is 3. The first kappa shape index (κ1) is 23.1. The van der Waals surface area contributed by atoms with Crippen molar-refractivity contribution in [3.05, 3.63) is 46.5 Å². The second-order valence-electron chi connectivity index (χ2n) is 10.4. The summed E-state index contributed by atoms with van der Waals surface area (Å²) in [5.41, 5.74) is 1.40. The number of halogens is 2. The van der Waals surface area contributed by atoms with E-state index in [1.807, 2.05) is 13.8 Å². The summed E-state index contributed by atoms with van der Waals surface area (Å²) in [5, 5.41) is 7.24. The van der Waals surface area contributed by atoms with Gasteiger partial charge in [-0.2, -0.15) is 4.98 Å². The molecule has 4 aliphatic rings. The van der Waals surface area contributed by atoms with Crippen LogP contribution in [0.1, 0.15) is 64.1 Å². The van der Waals surface area contributed by atoms with Crippen LogP contribution < -0.4 is 5.32 Å². The fourth-order valence-electron chi connectivity index (χ4n) is 4.66. The summed E-state index contributed by atoms with van der Waals surface area (Å²) >= 11 is 0. The van der Waals surface area contributed by atoms with Gasteiger partial charge in [-0.25, -0.2) is 8.78 Å². The van der Waals surface area contributed by atoms with E-state index in [9.17, 15) is 13.6 Å². The molecule has 1 saturated heterocycles. The van der Waals surface area contributed by atoms with Gasteiger partial charge in [0.15, 0.2) is 5.82 Å². The first-order valence-electron chi connectivity index (χ1n) is 12.1. The molecule has 1 aliphatic heterocycles. The molecule has 2 heterocycles. The van der Waals surface area contributed by atoms with Gasteiger partial charge in [-0.05, 0) is 69.9 Å². The van der Waals surface area contributed by atoms with Gasteiger partial charge in [0.2, 0.25) is 5.89 Å². The summed E-state index contributed by atoms with van der Waals surface area (Å²) in [7, 11) is 0. The van der Waals surface area contributed by atoms with Gasteiger partial charge in [-0.3, -0.25) is 4.79 Å². The molecule has 1 N–H and O–H groups in total. The van der Waals surface area contributed by atoms with E-state index in [-0.39, 0.29) is 24.9 Å². The lowest BCUT2D eigenvalue weighted by Crippen LogP contribution is -2.55. The highest BCUT2D eigenvalue weighted by Crippen LogP contribution is 2.45. The molecule has 34 heavy (non-hydrogen) atoms. The van der Waals surface area contributed by atoms with E-state index < -0.39 is 11.5 Å². The maximum absolute atomic E-state index is 13.7. The highest BCUT2D eigenvalue weighted by atomic mass is 19.3. The Morgan fingerprint density at radius 2 is 1.97 bits per heavy atom. The van der Waals surface area contributed by atoms with E-state index in [1.165, 1.54) is 0 Å². The van der Waals surface area contributed by atoms with Crippen LogP contribution in [0.15, 0.2) is 39.3 Å². The Bertz CT molecular complexity index is 1060. The highest BCUT2D eigenvalue weighted by molar-refractivity contribution is 5.97. The minimum absolute atomic E-state index is 0.221. The zero-order chi connectivity index (χ0) is 24.1. The van der Waals surface area contributed by atoms with Crippen molar-refractivity contribution in [1.29, 1.82) is 0 Å². The third-order valence-electron chi connectivity index (χ3n) is 7.26. The molecule has 0 spiro atoms. The molecular formula is C25H32F2N4O3. The van der Waals surface area contributed by atoms with Crippen LogP contribution in [0.25, 0.3) is 0 Å². The van der Waals surface area contributed by atoms with E-state index in [0.717, 1.165) is 37.0 Å². The number of hydrogen-bond donors (Lipinski definition) is 1. The van der Waals surface area contributed by atoms with Crippen molar-refractivity contribution < 1.29 is 22.8 Å². The van der Waals surface area contributed by atoms with Gasteiger partial charge >= 0.3 is 0 Å².